The highest BCUT2D eigenvalue weighted by Gasteiger charge is 2.19. The summed E-state index contributed by atoms with van der Waals surface area (Å²) >= 11 is 0. The van der Waals surface area contributed by atoms with E-state index in [9.17, 15) is 9.18 Å². The van der Waals surface area contributed by atoms with Gasteiger partial charge in [0.2, 0.25) is 0 Å². The van der Waals surface area contributed by atoms with E-state index in [1.807, 2.05) is 0 Å². The molecule has 1 aromatic rings. The number of hydrogen-bond acceptors (Lipinski definition) is 2. The molecule has 0 spiro atoms. The van der Waals surface area contributed by atoms with Crippen molar-refractivity contribution in [3.8, 4) is 0 Å². The number of carbonyl (C=O) groups is 1. The van der Waals surface area contributed by atoms with E-state index in [4.69, 9.17) is 10.8 Å². The first-order valence-corrected chi connectivity index (χ1v) is 4.25. The number of aryl methyl sites for hydroxylation is 1. The number of rotatable bonds is 3. The highest BCUT2D eigenvalue weighted by molar-refractivity contribution is 5.76. The molecule has 0 aliphatic carbocycles. The zero-order chi connectivity index (χ0) is 10.7. The van der Waals surface area contributed by atoms with Gasteiger partial charge in [-0.2, -0.15) is 0 Å². The van der Waals surface area contributed by atoms with Gasteiger partial charge in [0.15, 0.2) is 0 Å². The molecule has 0 aliphatic rings. The Morgan fingerprint density at radius 1 is 1.64 bits per heavy atom. The van der Waals surface area contributed by atoms with E-state index < -0.39 is 11.9 Å². The summed E-state index contributed by atoms with van der Waals surface area (Å²) in [4.78, 5) is 10.8. The molecule has 0 amide bonds. The molecule has 0 fully saturated rings. The first-order valence-electron chi connectivity index (χ1n) is 4.25. The van der Waals surface area contributed by atoms with E-state index >= 15 is 0 Å². The lowest BCUT2D eigenvalue weighted by atomic mass is 9.95. The second kappa shape index (κ2) is 4.19. The van der Waals surface area contributed by atoms with Gasteiger partial charge in [0.25, 0.3) is 0 Å². The van der Waals surface area contributed by atoms with Crippen molar-refractivity contribution in [2.24, 2.45) is 5.73 Å². The zero-order valence-corrected chi connectivity index (χ0v) is 7.83. The normalized spacial score (nSPS) is 12.5. The minimum absolute atomic E-state index is 0.0157. The number of carboxylic acid groups (broad SMARTS) is 1. The summed E-state index contributed by atoms with van der Waals surface area (Å²) in [7, 11) is 0. The maximum Gasteiger partial charge on any atom is 0.312 e. The van der Waals surface area contributed by atoms with Crippen LogP contribution < -0.4 is 5.73 Å². The standard InChI is InChI=1S/C10H12FNO2/c1-6-4-7(11)2-3-8(6)9(5-12)10(13)14/h2-4,9H,5,12H2,1H3,(H,13,14). The van der Waals surface area contributed by atoms with Crippen LogP contribution in [0.3, 0.4) is 0 Å². The second-order valence-corrected chi connectivity index (χ2v) is 3.13. The summed E-state index contributed by atoms with van der Waals surface area (Å²) in [5.74, 6) is -2.11. The van der Waals surface area contributed by atoms with Crippen LogP contribution in [0.25, 0.3) is 0 Å². The molecule has 3 N–H and O–H groups in total. The van der Waals surface area contributed by atoms with Crippen molar-refractivity contribution in [2.45, 2.75) is 12.8 Å². The summed E-state index contributed by atoms with van der Waals surface area (Å²) in [6.45, 7) is 1.69. The lowest BCUT2D eigenvalue weighted by Gasteiger charge is -2.12. The summed E-state index contributed by atoms with van der Waals surface area (Å²) in [5, 5.41) is 8.85. The van der Waals surface area contributed by atoms with Crippen LogP contribution in [0.2, 0.25) is 0 Å². The van der Waals surface area contributed by atoms with Crippen molar-refractivity contribution in [1.29, 1.82) is 0 Å². The van der Waals surface area contributed by atoms with E-state index in [1.54, 1.807) is 6.92 Å². The molecule has 0 aromatic heterocycles. The fraction of sp³-hybridized carbons (Fsp3) is 0.300. The van der Waals surface area contributed by atoms with Crippen LogP contribution in [0.15, 0.2) is 18.2 Å². The summed E-state index contributed by atoms with van der Waals surface area (Å²) in [6, 6.07) is 4.02. The maximum atomic E-state index is 12.7. The third kappa shape index (κ3) is 2.09. The number of aliphatic carboxylic acids is 1. The van der Waals surface area contributed by atoms with Gasteiger partial charge in [0.05, 0.1) is 5.92 Å². The topological polar surface area (TPSA) is 63.3 Å². The van der Waals surface area contributed by atoms with Crippen LogP contribution in [0.4, 0.5) is 4.39 Å². The van der Waals surface area contributed by atoms with Gasteiger partial charge in [-0.05, 0) is 30.2 Å². The molecule has 76 valence electrons. The molecule has 1 unspecified atom stereocenters. The second-order valence-electron chi connectivity index (χ2n) is 3.13. The van der Waals surface area contributed by atoms with Crippen LogP contribution in [-0.2, 0) is 4.79 Å². The molecular formula is C10H12FNO2. The van der Waals surface area contributed by atoms with Gasteiger partial charge in [-0.3, -0.25) is 4.79 Å². The molecule has 0 saturated carbocycles. The van der Waals surface area contributed by atoms with E-state index in [-0.39, 0.29) is 12.4 Å². The third-order valence-corrected chi connectivity index (χ3v) is 2.14. The Hall–Kier alpha value is -1.42. The van der Waals surface area contributed by atoms with Crippen LogP contribution >= 0.6 is 0 Å². The largest absolute Gasteiger partial charge is 0.481 e. The monoisotopic (exact) mass is 197 g/mol. The van der Waals surface area contributed by atoms with Crippen molar-refractivity contribution in [3.05, 3.63) is 35.1 Å². The zero-order valence-electron chi connectivity index (χ0n) is 7.83. The molecule has 3 nitrogen and oxygen atoms in total. The third-order valence-electron chi connectivity index (χ3n) is 2.14. The van der Waals surface area contributed by atoms with Gasteiger partial charge >= 0.3 is 5.97 Å². The molecular weight excluding hydrogens is 185 g/mol. The van der Waals surface area contributed by atoms with Crippen molar-refractivity contribution in [1.82, 2.24) is 0 Å². The minimum atomic E-state index is -0.984. The van der Waals surface area contributed by atoms with Crippen LogP contribution in [0.1, 0.15) is 17.0 Å². The molecule has 0 bridgehead atoms. The molecule has 0 saturated heterocycles. The number of benzene rings is 1. The fourth-order valence-electron chi connectivity index (χ4n) is 1.39. The van der Waals surface area contributed by atoms with Crippen molar-refractivity contribution in [2.75, 3.05) is 6.54 Å². The predicted molar refractivity (Wildman–Crippen MR) is 50.6 cm³/mol. The average Bonchev–Trinajstić information content (AvgIpc) is 2.09. The summed E-state index contributed by atoms with van der Waals surface area (Å²) in [6.07, 6.45) is 0. The van der Waals surface area contributed by atoms with Crippen molar-refractivity contribution >= 4 is 5.97 Å². The summed E-state index contributed by atoms with van der Waals surface area (Å²) in [5.41, 5.74) is 6.52. The number of hydrogen-bond donors (Lipinski definition) is 2. The Bertz CT molecular complexity index is 352. The molecule has 0 aliphatic heterocycles. The summed E-state index contributed by atoms with van der Waals surface area (Å²) < 4.78 is 12.7. The maximum absolute atomic E-state index is 12.7. The number of carboxylic acids is 1. The van der Waals surface area contributed by atoms with Gasteiger partial charge in [-0.25, -0.2) is 4.39 Å². The van der Waals surface area contributed by atoms with Crippen LogP contribution in [0, 0.1) is 12.7 Å². The Kier molecular flexibility index (Phi) is 3.19. The Morgan fingerprint density at radius 3 is 2.71 bits per heavy atom. The molecule has 1 rings (SSSR count). The van der Waals surface area contributed by atoms with E-state index in [1.165, 1.54) is 18.2 Å². The highest BCUT2D eigenvalue weighted by atomic mass is 19.1. The quantitative estimate of drug-likeness (QED) is 0.766. The SMILES string of the molecule is Cc1cc(F)ccc1C(CN)C(=O)O. The first-order chi connectivity index (χ1) is 6.56. The Morgan fingerprint density at radius 2 is 2.29 bits per heavy atom. The van der Waals surface area contributed by atoms with Gasteiger partial charge in [-0.1, -0.05) is 6.07 Å². The predicted octanol–water partition coefficient (Wildman–Crippen LogP) is 1.26. The van der Waals surface area contributed by atoms with E-state index in [0.717, 1.165) is 0 Å². The molecule has 14 heavy (non-hydrogen) atoms. The van der Waals surface area contributed by atoms with Gasteiger partial charge in [0.1, 0.15) is 5.82 Å². The first kappa shape index (κ1) is 10.7. The van der Waals surface area contributed by atoms with E-state index in [0.29, 0.717) is 11.1 Å². The molecule has 1 aromatic carbocycles. The molecule has 0 heterocycles. The number of nitrogens with two attached hydrogens (primary N) is 1. The average molecular weight is 197 g/mol. The van der Waals surface area contributed by atoms with Gasteiger partial charge in [-0.15, -0.1) is 0 Å². The van der Waals surface area contributed by atoms with Crippen LogP contribution in [-0.4, -0.2) is 17.6 Å². The minimum Gasteiger partial charge on any atom is -0.481 e. The fourth-order valence-corrected chi connectivity index (χ4v) is 1.39. The molecule has 0 radical (unpaired) electrons. The van der Waals surface area contributed by atoms with Crippen LogP contribution in [0.5, 0.6) is 0 Å². The molecule has 4 heteroatoms. The highest BCUT2D eigenvalue weighted by Crippen LogP contribution is 2.20. The Labute approximate surface area is 81.4 Å². The molecule has 1 atom stereocenters. The van der Waals surface area contributed by atoms with Gasteiger partial charge < -0.3 is 10.8 Å². The number of halogens is 1. The Balaban J connectivity index is 3.10. The van der Waals surface area contributed by atoms with E-state index in [2.05, 4.69) is 0 Å². The smallest absolute Gasteiger partial charge is 0.312 e. The van der Waals surface area contributed by atoms with Crippen molar-refractivity contribution < 1.29 is 14.3 Å². The van der Waals surface area contributed by atoms with Crippen molar-refractivity contribution in [3.63, 3.8) is 0 Å². The van der Waals surface area contributed by atoms with Gasteiger partial charge in [0, 0.05) is 6.54 Å². The lowest BCUT2D eigenvalue weighted by molar-refractivity contribution is -0.138. The lowest BCUT2D eigenvalue weighted by Crippen LogP contribution is -2.21.